The molecule has 0 atom stereocenters. The van der Waals surface area contributed by atoms with E-state index in [9.17, 15) is 0 Å². The molecule has 2 N–H and O–H groups in total. The summed E-state index contributed by atoms with van der Waals surface area (Å²) in [6.07, 6.45) is 1.23. The van der Waals surface area contributed by atoms with Crippen molar-refractivity contribution in [2.24, 2.45) is 5.73 Å². The molecule has 0 fully saturated rings. The maximum atomic E-state index is 6.07. The van der Waals surface area contributed by atoms with Gasteiger partial charge in [0.05, 0.1) is 24.4 Å². The first-order chi connectivity index (χ1) is 16.6. The largest absolute Gasteiger partial charge is 0.487 e. The van der Waals surface area contributed by atoms with Crippen molar-refractivity contribution in [2.75, 3.05) is 13.1 Å². The predicted octanol–water partition coefficient (Wildman–Crippen LogP) is 6.19. The molecular formula is C29H46N2O4. The molecule has 0 spiro atoms. The molecule has 0 amide bonds. The monoisotopic (exact) mass is 486 g/mol. The van der Waals surface area contributed by atoms with Crippen LogP contribution in [0.25, 0.3) is 0 Å². The number of hydrogen-bond donors (Lipinski definition) is 1. The van der Waals surface area contributed by atoms with Crippen molar-refractivity contribution in [1.29, 1.82) is 0 Å². The van der Waals surface area contributed by atoms with Gasteiger partial charge in [0.2, 0.25) is 0 Å². The zero-order valence-corrected chi connectivity index (χ0v) is 23.0. The molecule has 6 heteroatoms. The molecule has 0 saturated heterocycles. The van der Waals surface area contributed by atoms with Crippen LogP contribution in [0.15, 0.2) is 36.4 Å². The van der Waals surface area contributed by atoms with Crippen molar-refractivity contribution < 1.29 is 18.9 Å². The Balaban J connectivity index is 2.27. The number of hydrogen-bond acceptors (Lipinski definition) is 6. The highest BCUT2D eigenvalue weighted by molar-refractivity contribution is 5.44. The SMILES string of the molecule is CC(C)Oc1ccc(CN(CCCN)Cc2ccc(OC(C)C)c(OC(C)C)c2)cc1OC(C)C. The minimum atomic E-state index is 0.0686. The third-order valence-corrected chi connectivity index (χ3v) is 4.96. The molecule has 0 aliphatic carbocycles. The zero-order valence-electron chi connectivity index (χ0n) is 23.0. The summed E-state index contributed by atoms with van der Waals surface area (Å²) in [6, 6.07) is 12.5. The third kappa shape index (κ3) is 10.4. The summed E-state index contributed by atoms with van der Waals surface area (Å²) in [5.41, 5.74) is 8.20. The molecule has 0 unspecified atom stereocenters. The predicted molar refractivity (Wildman–Crippen MR) is 144 cm³/mol. The molecule has 0 radical (unpaired) electrons. The summed E-state index contributed by atoms with van der Waals surface area (Å²) in [7, 11) is 0. The van der Waals surface area contributed by atoms with Crippen molar-refractivity contribution in [2.45, 2.75) is 99.3 Å². The molecule has 6 nitrogen and oxygen atoms in total. The lowest BCUT2D eigenvalue weighted by atomic mass is 10.1. The topological polar surface area (TPSA) is 66.2 Å². The van der Waals surface area contributed by atoms with Crippen LogP contribution >= 0.6 is 0 Å². The maximum Gasteiger partial charge on any atom is 0.161 e. The van der Waals surface area contributed by atoms with E-state index < -0.39 is 0 Å². The first-order valence-electron chi connectivity index (χ1n) is 12.9. The lowest BCUT2D eigenvalue weighted by Gasteiger charge is -2.25. The van der Waals surface area contributed by atoms with Gasteiger partial charge < -0.3 is 24.7 Å². The standard InChI is InChI=1S/C29H46N2O4/c1-20(2)32-26-12-10-24(16-28(26)34-22(5)6)18-31(15-9-14-30)19-25-11-13-27(33-21(3)4)29(17-25)35-23(7)8/h10-13,16-17,20-23H,9,14-15,18-19,30H2,1-8H3. The summed E-state index contributed by atoms with van der Waals surface area (Å²) >= 11 is 0. The van der Waals surface area contributed by atoms with Gasteiger partial charge in [0, 0.05) is 19.6 Å². The summed E-state index contributed by atoms with van der Waals surface area (Å²) in [5, 5.41) is 0. The Morgan fingerprint density at radius 1 is 0.600 bits per heavy atom. The first-order valence-corrected chi connectivity index (χ1v) is 12.9. The Bertz CT molecular complexity index is 827. The van der Waals surface area contributed by atoms with Gasteiger partial charge in [-0.15, -0.1) is 0 Å². The highest BCUT2D eigenvalue weighted by Gasteiger charge is 2.15. The van der Waals surface area contributed by atoms with Crippen molar-refractivity contribution in [1.82, 2.24) is 4.90 Å². The van der Waals surface area contributed by atoms with E-state index in [1.54, 1.807) is 0 Å². The molecule has 196 valence electrons. The quantitative estimate of drug-likeness (QED) is 0.324. The van der Waals surface area contributed by atoms with Crippen LogP contribution in [0.5, 0.6) is 23.0 Å². The molecule has 0 aliphatic rings. The van der Waals surface area contributed by atoms with Crippen molar-refractivity contribution in [3.63, 3.8) is 0 Å². The highest BCUT2D eigenvalue weighted by atomic mass is 16.5. The lowest BCUT2D eigenvalue weighted by Crippen LogP contribution is -2.26. The van der Waals surface area contributed by atoms with E-state index in [1.807, 2.05) is 67.5 Å². The van der Waals surface area contributed by atoms with Gasteiger partial charge in [-0.2, -0.15) is 0 Å². The lowest BCUT2D eigenvalue weighted by molar-refractivity contribution is 0.197. The molecule has 0 saturated carbocycles. The van der Waals surface area contributed by atoms with Crippen LogP contribution < -0.4 is 24.7 Å². The van der Waals surface area contributed by atoms with Crippen LogP contribution in [0.4, 0.5) is 0 Å². The average Bonchev–Trinajstić information content (AvgIpc) is 2.74. The fourth-order valence-electron chi connectivity index (χ4n) is 3.74. The Labute approximate surface area is 212 Å². The van der Waals surface area contributed by atoms with Gasteiger partial charge >= 0.3 is 0 Å². The summed E-state index contributed by atoms with van der Waals surface area (Å²) in [5.74, 6) is 3.13. The van der Waals surface area contributed by atoms with E-state index in [-0.39, 0.29) is 24.4 Å². The molecule has 2 rings (SSSR count). The fraction of sp³-hybridized carbons (Fsp3) is 0.586. The fourth-order valence-corrected chi connectivity index (χ4v) is 3.74. The number of benzene rings is 2. The molecule has 0 aromatic heterocycles. The van der Waals surface area contributed by atoms with Crippen LogP contribution in [0, 0.1) is 0 Å². The van der Waals surface area contributed by atoms with E-state index >= 15 is 0 Å². The minimum absolute atomic E-state index is 0.0686. The Hall–Kier alpha value is -2.44. The normalized spacial score (nSPS) is 11.7. The molecule has 0 bridgehead atoms. The van der Waals surface area contributed by atoms with Gasteiger partial charge in [0.25, 0.3) is 0 Å². The maximum absolute atomic E-state index is 6.07. The number of rotatable bonds is 15. The van der Waals surface area contributed by atoms with E-state index in [4.69, 9.17) is 24.7 Å². The van der Waals surface area contributed by atoms with Gasteiger partial charge in [0.1, 0.15) is 0 Å². The molecular weight excluding hydrogens is 440 g/mol. The van der Waals surface area contributed by atoms with Crippen LogP contribution in [0.2, 0.25) is 0 Å². The van der Waals surface area contributed by atoms with E-state index in [1.165, 1.54) is 11.1 Å². The summed E-state index contributed by atoms with van der Waals surface area (Å²) < 4.78 is 24.1. The van der Waals surface area contributed by atoms with Gasteiger partial charge in [-0.1, -0.05) is 12.1 Å². The van der Waals surface area contributed by atoms with Crippen LogP contribution in [-0.2, 0) is 13.1 Å². The second-order valence-corrected chi connectivity index (χ2v) is 10.1. The third-order valence-electron chi connectivity index (χ3n) is 4.96. The Morgan fingerprint density at radius 2 is 0.971 bits per heavy atom. The number of ether oxygens (including phenoxy) is 4. The van der Waals surface area contributed by atoms with Crippen LogP contribution in [0.3, 0.4) is 0 Å². The molecule has 0 aliphatic heterocycles. The smallest absolute Gasteiger partial charge is 0.161 e. The van der Waals surface area contributed by atoms with Gasteiger partial charge in [-0.3, -0.25) is 4.90 Å². The van der Waals surface area contributed by atoms with Crippen LogP contribution in [0.1, 0.15) is 72.9 Å². The van der Waals surface area contributed by atoms with E-state index in [0.717, 1.165) is 49.1 Å². The van der Waals surface area contributed by atoms with Crippen molar-refractivity contribution in [3.8, 4) is 23.0 Å². The van der Waals surface area contributed by atoms with Crippen LogP contribution in [-0.4, -0.2) is 42.4 Å². The minimum Gasteiger partial charge on any atom is -0.487 e. The second kappa shape index (κ2) is 14.2. The Morgan fingerprint density at radius 3 is 1.31 bits per heavy atom. The summed E-state index contributed by atoms with van der Waals surface area (Å²) in [6.45, 7) is 19.3. The molecule has 2 aromatic carbocycles. The van der Waals surface area contributed by atoms with Crippen molar-refractivity contribution >= 4 is 0 Å². The average molecular weight is 487 g/mol. The van der Waals surface area contributed by atoms with Gasteiger partial charge in [0.15, 0.2) is 23.0 Å². The van der Waals surface area contributed by atoms with E-state index in [0.29, 0.717) is 6.54 Å². The van der Waals surface area contributed by atoms with Crippen molar-refractivity contribution in [3.05, 3.63) is 47.5 Å². The Kier molecular flexibility index (Phi) is 11.7. The number of nitrogens with zero attached hydrogens (tertiary/aromatic N) is 1. The highest BCUT2D eigenvalue weighted by Crippen LogP contribution is 2.33. The molecule has 0 heterocycles. The van der Waals surface area contributed by atoms with Gasteiger partial charge in [-0.25, -0.2) is 0 Å². The second-order valence-electron chi connectivity index (χ2n) is 10.1. The van der Waals surface area contributed by atoms with E-state index in [2.05, 4.69) is 29.2 Å². The van der Waals surface area contributed by atoms with Gasteiger partial charge in [-0.05, 0) is 104 Å². The summed E-state index contributed by atoms with van der Waals surface area (Å²) in [4.78, 5) is 2.40. The number of nitrogens with two attached hydrogens (primary N) is 1. The zero-order chi connectivity index (χ0) is 26.0. The first kappa shape index (κ1) is 28.8. The molecule has 35 heavy (non-hydrogen) atoms. The molecule has 2 aromatic rings.